The van der Waals surface area contributed by atoms with Crippen LogP contribution in [0.25, 0.3) is 0 Å². The number of ketones is 1. The summed E-state index contributed by atoms with van der Waals surface area (Å²) < 4.78 is 0. The Morgan fingerprint density at radius 3 is 2.71 bits per heavy atom. The number of carbonyl (C=O) groups is 1. The molecule has 2 heteroatoms. The van der Waals surface area contributed by atoms with Crippen molar-refractivity contribution in [1.82, 2.24) is 5.32 Å². The summed E-state index contributed by atoms with van der Waals surface area (Å²) in [4.78, 5) is 11.6. The van der Waals surface area contributed by atoms with Gasteiger partial charge in [-0.05, 0) is 17.9 Å². The van der Waals surface area contributed by atoms with Gasteiger partial charge in [0.05, 0.1) is 6.54 Å². The molecule has 0 aliphatic heterocycles. The summed E-state index contributed by atoms with van der Waals surface area (Å²) >= 11 is 0. The summed E-state index contributed by atoms with van der Waals surface area (Å²) in [6, 6.07) is 11.0. The minimum absolute atomic E-state index is 0.332. The largest absolute Gasteiger partial charge is 0.307 e. The second-order valence-corrected chi connectivity index (χ2v) is 5.38. The Hall–Kier alpha value is -1.15. The third-order valence-electron chi connectivity index (χ3n) is 3.22. The van der Waals surface area contributed by atoms with Crippen LogP contribution in [0.3, 0.4) is 0 Å². The molecule has 2 atom stereocenters. The van der Waals surface area contributed by atoms with Crippen molar-refractivity contribution in [2.24, 2.45) is 5.92 Å². The molecule has 92 valence electrons. The highest BCUT2D eigenvalue weighted by Gasteiger charge is 2.37. The highest BCUT2D eigenvalue weighted by Crippen LogP contribution is 2.40. The lowest BCUT2D eigenvalue weighted by Gasteiger charge is -2.05. The molecule has 1 aliphatic carbocycles. The molecule has 2 rings (SSSR count). The quantitative estimate of drug-likeness (QED) is 0.815. The Balaban J connectivity index is 1.72. The van der Waals surface area contributed by atoms with E-state index in [0.29, 0.717) is 36.6 Å². The van der Waals surface area contributed by atoms with E-state index in [0.717, 1.165) is 0 Å². The number of nitrogens with one attached hydrogen (secondary N) is 1. The highest BCUT2D eigenvalue weighted by molar-refractivity contribution is 5.80. The van der Waals surface area contributed by atoms with Gasteiger partial charge in [-0.1, -0.05) is 44.2 Å². The molecular formula is C15H21NO. The Bertz CT molecular complexity index is 372. The minimum Gasteiger partial charge on any atom is -0.307 e. The smallest absolute Gasteiger partial charge is 0.146 e. The zero-order valence-electron chi connectivity index (χ0n) is 10.6. The van der Waals surface area contributed by atoms with Gasteiger partial charge in [-0.3, -0.25) is 4.79 Å². The summed E-state index contributed by atoms with van der Waals surface area (Å²) in [6.07, 6.45) is 1.86. The molecule has 1 unspecified atom stereocenters. The third-order valence-corrected chi connectivity index (χ3v) is 3.22. The number of hydrogen-bond acceptors (Lipinski definition) is 2. The normalized spacial score (nSPS) is 22.8. The molecule has 17 heavy (non-hydrogen) atoms. The monoisotopic (exact) mass is 231 g/mol. The van der Waals surface area contributed by atoms with Gasteiger partial charge in [0, 0.05) is 18.4 Å². The van der Waals surface area contributed by atoms with Crippen molar-refractivity contribution in [3.8, 4) is 0 Å². The second-order valence-electron chi connectivity index (χ2n) is 5.38. The van der Waals surface area contributed by atoms with E-state index >= 15 is 0 Å². The molecule has 0 radical (unpaired) electrons. The molecule has 1 aromatic carbocycles. The van der Waals surface area contributed by atoms with Gasteiger partial charge >= 0.3 is 0 Å². The van der Waals surface area contributed by atoms with Gasteiger partial charge in [0.15, 0.2) is 0 Å². The van der Waals surface area contributed by atoms with Crippen molar-refractivity contribution in [3.63, 3.8) is 0 Å². The molecule has 1 aliphatic rings. The zero-order valence-corrected chi connectivity index (χ0v) is 10.6. The van der Waals surface area contributed by atoms with E-state index in [1.807, 2.05) is 6.07 Å². The van der Waals surface area contributed by atoms with E-state index in [1.54, 1.807) is 0 Å². The van der Waals surface area contributed by atoms with Gasteiger partial charge in [0.25, 0.3) is 0 Å². The van der Waals surface area contributed by atoms with Gasteiger partial charge in [0.2, 0.25) is 0 Å². The van der Waals surface area contributed by atoms with Crippen LogP contribution in [0.4, 0.5) is 0 Å². The molecule has 0 bridgehead atoms. The fourth-order valence-corrected chi connectivity index (χ4v) is 2.26. The molecule has 0 aromatic heterocycles. The van der Waals surface area contributed by atoms with Gasteiger partial charge in [-0.15, -0.1) is 0 Å². The first kappa shape index (κ1) is 12.3. The maximum absolute atomic E-state index is 11.6. The van der Waals surface area contributed by atoms with E-state index in [9.17, 15) is 4.79 Å². The Labute approximate surface area is 103 Å². The van der Waals surface area contributed by atoms with Crippen molar-refractivity contribution in [1.29, 1.82) is 0 Å². The summed E-state index contributed by atoms with van der Waals surface area (Å²) in [5, 5.41) is 3.36. The number of Topliss-reactive ketones (excluding diaryl/α,β-unsaturated/α-hetero) is 1. The van der Waals surface area contributed by atoms with Crippen LogP contribution in [0.15, 0.2) is 30.3 Å². The van der Waals surface area contributed by atoms with E-state index in [1.165, 1.54) is 12.0 Å². The average Bonchev–Trinajstić information content (AvgIpc) is 3.06. The predicted octanol–water partition coefficient (Wildman–Crippen LogP) is 2.75. The fraction of sp³-hybridized carbons (Fsp3) is 0.533. The van der Waals surface area contributed by atoms with Crippen LogP contribution in [-0.2, 0) is 4.79 Å². The topological polar surface area (TPSA) is 29.1 Å². The number of hydrogen-bond donors (Lipinski definition) is 1. The zero-order chi connectivity index (χ0) is 12.3. The first-order valence-corrected chi connectivity index (χ1v) is 6.47. The van der Waals surface area contributed by atoms with Crippen molar-refractivity contribution in [2.75, 3.05) is 6.54 Å². The lowest BCUT2D eigenvalue weighted by Crippen LogP contribution is -2.26. The van der Waals surface area contributed by atoms with Crippen LogP contribution in [0.5, 0.6) is 0 Å². The van der Waals surface area contributed by atoms with E-state index in [-0.39, 0.29) is 0 Å². The lowest BCUT2D eigenvalue weighted by molar-refractivity contribution is -0.118. The number of rotatable bonds is 6. The molecule has 1 saturated carbocycles. The summed E-state index contributed by atoms with van der Waals surface area (Å²) in [6.45, 7) is 4.70. The van der Waals surface area contributed by atoms with Crippen LogP contribution >= 0.6 is 0 Å². The van der Waals surface area contributed by atoms with Crippen molar-refractivity contribution in [2.45, 2.75) is 38.6 Å². The molecule has 1 N–H and O–H groups in total. The molecular weight excluding hydrogens is 210 g/mol. The molecule has 2 nitrogen and oxygen atoms in total. The molecule has 0 saturated heterocycles. The van der Waals surface area contributed by atoms with Gasteiger partial charge in [-0.25, -0.2) is 0 Å². The van der Waals surface area contributed by atoms with Crippen LogP contribution in [-0.4, -0.2) is 18.4 Å². The van der Waals surface area contributed by atoms with Crippen LogP contribution in [0.2, 0.25) is 0 Å². The Morgan fingerprint density at radius 1 is 1.35 bits per heavy atom. The second kappa shape index (κ2) is 5.46. The lowest BCUT2D eigenvalue weighted by atomic mass is 10.1. The van der Waals surface area contributed by atoms with E-state index in [2.05, 4.69) is 43.4 Å². The van der Waals surface area contributed by atoms with Gasteiger partial charge in [-0.2, -0.15) is 0 Å². The van der Waals surface area contributed by atoms with Crippen molar-refractivity contribution < 1.29 is 4.79 Å². The summed E-state index contributed by atoms with van der Waals surface area (Å²) in [5.74, 6) is 1.41. The standard InChI is InChI=1S/C15H21NO/c1-11(2)8-13(17)10-16-15-9-14(15)12-6-4-3-5-7-12/h3-7,11,14-16H,8-10H2,1-2H3/t14?,15-/m0/s1. The first-order chi connectivity index (χ1) is 8.16. The van der Waals surface area contributed by atoms with Gasteiger partial charge < -0.3 is 5.32 Å². The van der Waals surface area contributed by atoms with Crippen molar-refractivity contribution in [3.05, 3.63) is 35.9 Å². The Morgan fingerprint density at radius 2 is 2.06 bits per heavy atom. The SMILES string of the molecule is CC(C)CC(=O)CN[C@H]1CC1c1ccccc1. The maximum Gasteiger partial charge on any atom is 0.146 e. The number of carbonyl (C=O) groups excluding carboxylic acids is 1. The van der Waals surface area contributed by atoms with Crippen LogP contribution in [0.1, 0.15) is 38.2 Å². The maximum atomic E-state index is 11.6. The summed E-state index contributed by atoms with van der Waals surface area (Å²) in [5.41, 5.74) is 1.39. The average molecular weight is 231 g/mol. The molecule has 1 fully saturated rings. The first-order valence-electron chi connectivity index (χ1n) is 6.47. The molecule has 0 amide bonds. The molecule has 0 spiro atoms. The minimum atomic E-state index is 0.332. The highest BCUT2D eigenvalue weighted by atomic mass is 16.1. The van der Waals surface area contributed by atoms with Gasteiger partial charge in [0.1, 0.15) is 5.78 Å². The van der Waals surface area contributed by atoms with E-state index < -0.39 is 0 Å². The molecule has 0 heterocycles. The Kier molecular flexibility index (Phi) is 3.95. The van der Waals surface area contributed by atoms with Crippen LogP contribution in [0, 0.1) is 5.92 Å². The van der Waals surface area contributed by atoms with Crippen molar-refractivity contribution >= 4 is 5.78 Å². The van der Waals surface area contributed by atoms with Crippen LogP contribution < -0.4 is 5.32 Å². The van der Waals surface area contributed by atoms with E-state index in [4.69, 9.17) is 0 Å². The predicted molar refractivity (Wildman–Crippen MR) is 70.1 cm³/mol. The number of benzene rings is 1. The fourth-order valence-electron chi connectivity index (χ4n) is 2.26. The molecule has 1 aromatic rings. The summed E-state index contributed by atoms with van der Waals surface area (Å²) in [7, 11) is 0. The third kappa shape index (κ3) is 3.67.